The molecule has 0 fully saturated rings. The SMILES string of the molecule is C=C1Nc2ccc(/C=C/c3cc(O)cc(C)c3CC=C(C)C)cc2O1. The number of anilines is 1. The number of allylic oxidation sites excluding steroid dienone is 2. The molecule has 0 unspecified atom stereocenters. The molecule has 0 aromatic heterocycles. The molecule has 0 amide bonds. The fourth-order valence-electron chi connectivity index (χ4n) is 2.88. The molecule has 3 heteroatoms. The van der Waals surface area contributed by atoms with Crippen molar-refractivity contribution < 1.29 is 9.84 Å². The number of fused-ring (bicyclic) bond motifs is 1. The van der Waals surface area contributed by atoms with Gasteiger partial charge in [-0.3, -0.25) is 0 Å². The van der Waals surface area contributed by atoms with Gasteiger partial charge in [-0.15, -0.1) is 0 Å². The van der Waals surface area contributed by atoms with Crippen LogP contribution in [-0.4, -0.2) is 5.11 Å². The minimum Gasteiger partial charge on any atom is -0.508 e. The van der Waals surface area contributed by atoms with Gasteiger partial charge in [-0.25, -0.2) is 0 Å². The lowest BCUT2D eigenvalue weighted by atomic mass is 9.96. The Morgan fingerprint density at radius 1 is 1.20 bits per heavy atom. The molecule has 0 aliphatic carbocycles. The van der Waals surface area contributed by atoms with Crippen molar-refractivity contribution in [3.05, 3.63) is 76.7 Å². The molecule has 1 aliphatic heterocycles. The maximum Gasteiger partial charge on any atom is 0.190 e. The first-order chi connectivity index (χ1) is 11.9. The van der Waals surface area contributed by atoms with E-state index in [-0.39, 0.29) is 5.75 Å². The fraction of sp³-hybridized carbons (Fsp3) is 0.182. The molecule has 0 spiro atoms. The highest BCUT2D eigenvalue weighted by Gasteiger charge is 2.14. The van der Waals surface area contributed by atoms with E-state index in [1.165, 1.54) is 11.1 Å². The highest BCUT2D eigenvalue weighted by atomic mass is 16.5. The van der Waals surface area contributed by atoms with Gasteiger partial charge in [0.15, 0.2) is 11.6 Å². The first-order valence-electron chi connectivity index (χ1n) is 8.34. The number of nitrogens with one attached hydrogen (secondary N) is 1. The lowest BCUT2D eigenvalue weighted by molar-refractivity contribution is 0.460. The standard InChI is InChI=1S/C22H23NO2/c1-14(2)5-9-20-15(3)11-19(24)13-18(20)8-6-17-7-10-21-22(12-17)25-16(4)23-21/h5-8,10-13,23-24H,4,9H2,1-3H3/b8-6+. The minimum absolute atomic E-state index is 0.288. The van der Waals surface area contributed by atoms with Crippen molar-refractivity contribution in [2.24, 2.45) is 0 Å². The quantitative estimate of drug-likeness (QED) is 0.561. The van der Waals surface area contributed by atoms with E-state index < -0.39 is 0 Å². The van der Waals surface area contributed by atoms with Gasteiger partial charge < -0.3 is 15.2 Å². The number of hydrogen-bond donors (Lipinski definition) is 2. The molecule has 1 aliphatic rings. The summed E-state index contributed by atoms with van der Waals surface area (Å²) in [6, 6.07) is 9.60. The average molecular weight is 333 g/mol. The normalized spacial score (nSPS) is 12.7. The summed E-state index contributed by atoms with van der Waals surface area (Å²) in [7, 11) is 0. The predicted molar refractivity (Wildman–Crippen MR) is 105 cm³/mol. The molecule has 0 atom stereocenters. The molecular weight excluding hydrogens is 310 g/mol. The number of ether oxygens (including phenoxy) is 1. The zero-order valence-electron chi connectivity index (χ0n) is 14.9. The van der Waals surface area contributed by atoms with Crippen molar-refractivity contribution in [3.8, 4) is 11.5 Å². The molecule has 3 nitrogen and oxygen atoms in total. The Balaban J connectivity index is 1.92. The lowest BCUT2D eigenvalue weighted by Crippen LogP contribution is -1.92. The first kappa shape index (κ1) is 16.9. The Hall–Kier alpha value is -2.94. The topological polar surface area (TPSA) is 41.5 Å². The number of phenols is 1. The molecule has 2 aromatic rings. The van der Waals surface area contributed by atoms with Crippen LogP contribution >= 0.6 is 0 Å². The Labute approximate surface area is 149 Å². The lowest BCUT2D eigenvalue weighted by Gasteiger charge is -2.10. The van der Waals surface area contributed by atoms with E-state index in [4.69, 9.17) is 4.74 Å². The number of aromatic hydroxyl groups is 1. The van der Waals surface area contributed by atoms with Crippen molar-refractivity contribution in [3.63, 3.8) is 0 Å². The number of benzene rings is 2. The molecule has 2 N–H and O–H groups in total. The number of hydrogen-bond acceptors (Lipinski definition) is 3. The first-order valence-corrected chi connectivity index (χ1v) is 8.34. The Morgan fingerprint density at radius 3 is 2.76 bits per heavy atom. The Kier molecular flexibility index (Phi) is 4.66. The summed E-state index contributed by atoms with van der Waals surface area (Å²) in [5, 5.41) is 13.0. The molecule has 25 heavy (non-hydrogen) atoms. The van der Waals surface area contributed by atoms with Gasteiger partial charge in [0.1, 0.15) is 5.75 Å². The monoisotopic (exact) mass is 333 g/mol. The van der Waals surface area contributed by atoms with Crippen LogP contribution in [0, 0.1) is 6.92 Å². The van der Waals surface area contributed by atoms with E-state index in [0.29, 0.717) is 5.88 Å². The van der Waals surface area contributed by atoms with Crippen molar-refractivity contribution in [1.29, 1.82) is 0 Å². The van der Waals surface area contributed by atoms with E-state index in [9.17, 15) is 5.11 Å². The Bertz CT molecular complexity index is 887. The molecule has 0 saturated carbocycles. The summed E-state index contributed by atoms with van der Waals surface area (Å²) < 4.78 is 5.54. The van der Waals surface area contributed by atoms with Crippen LogP contribution in [0.3, 0.4) is 0 Å². The van der Waals surface area contributed by atoms with Gasteiger partial charge in [-0.1, -0.05) is 29.9 Å². The van der Waals surface area contributed by atoms with Gasteiger partial charge >= 0.3 is 0 Å². The van der Waals surface area contributed by atoms with Gasteiger partial charge in [0, 0.05) is 0 Å². The summed E-state index contributed by atoms with van der Waals surface area (Å²) in [6.07, 6.45) is 7.13. The summed E-state index contributed by atoms with van der Waals surface area (Å²) in [5.74, 6) is 1.61. The third kappa shape index (κ3) is 3.94. The van der Waals surface area contributed by atoms with Gasteiger partial charge in [-0.2, -0.15) is 0 Å². The van der Waals surface area contributed by atoms with Crippen LogP contribution in [0.1, 0.15) is 36.1 Å². The van der Waals surface area contributed by atoms with E-state index >= 15 is 0 Å². The summed E-state index contributed by atoms with van der Waals surface area (Å²) in [4.78, 5) is 0. The summed E-state index contributed by atoms with van der Waals surface area (Å²) >= 11 is 0. The third-order valence-electron chi connectivity index (χ3n) is 4.17. The van der Waals surface area contributed by atoms with Crippen molar-refractivity contribution in [2.45, 2.75) is 27.2 Å². The molecule has 0 bridgehead atoms. The second kappa shape index (κ2) is 6.89. The van der Waals surface area contributed by atoms with E-state index in [1.807, 2.05) is 49.4 Å². The molecule has 2 aromatic carbocycles. The van der Waals surface area contributed by atoms with Crippen molar-refractivity contribution in [2.75, 3.05) is 5.32 Å². The van der Waals surface area contributed by atoms with Crippen LogP contribution in [0.4, 0.5) is 5.69 Å². The molecular formula is C22H23NO2. The van der Waals surface area contributed by atoms with E-state index in [0.717, 1.165) is 34.5 Å². The van der Waals surface area contributed by atoms with E-state index in [1.54, 1.807) is 0 Å². The van der Waals surface area contributed by atoms with Crippen molar-refractivity contribution in [1.82, 2.24) is 0 Å². The maximum absolute atomic E-state index is 9.96. The van der Waals surface area contributed by atoms with Gasteiger partial charge in [0.2, 0.25) is 0 Å². The van der Waals surface area contributed by atoms with Crippen LogP contribution in [0.5, 0.6) is 11.5 Å². The minimum atomic E-state index is 0.288. The summed E-state index contributed by atoms with van der Waals surface area (Å²) in [5.41, 5.74) is 6.59. The number of rotatable bonds is 4. The summed E-state index contributed by atoms with van der Waals surface area (Å²) in [6.45, 7) is 10.00. The predicted octanol–water partition coefficient (Wildman–Crippen LogP) is 5.66. The highest BCUT2D eigenvalue weighted by Crippen LogP contribution is 2.34. The van der Waals surface area contributed by atoms with Crippen LogP contribution in [0.2, 0.25) is 0 Å². The second-order valence-electron chi connectivity index (χ2n) is 6.56. The molecule has 3 rings (SSSR count). The maximum atomic E-state index is 9.96. The van der Waals surface area contributed by atoms with Gasteiger partial charge in [0.05, 0.1) is 5.69 Å². The third-order valence-corrected chi connectivity index (χ3v) is 4.17. The van der Waals surface area contributed by atoms with Crippen molar-refractivity contribution >= 4 is 17.8 Å². The molecule has 1 heterocycles. The van der Waals surface area contributed by atoms with Crippen LogP contribution in [0.15, 0.2) is 54.4 Å². The highest BCUT2D eigenvalue weighted by molar-refractivity contribution is 5.76. The largest absolute Gasteiger partial charge is 0.508 e. The zero-order chi connectivity index (χ0) is 18.0. The van der Waals surface area contributed by atoms with Crippen LogP contribution in [-0.2, 0) is 6.42 Å². The van der Waals surface area contributed by atoms with E-state index in [2.05, 4.69) is 31.8 Å². The molecule has 0 saturated heterocycles. The van der Waals surface area contributed by atoms with Crippen LogP contribution < -0.4 is 10.1 Å². The second-order valence-corrected chi connectivity index (χ2v) is 6.56. The molecule has 128 valence electrons. The van der Waals surface area contributed by atoms with Gasteiger partial charge in [0.25, 0.3) is 0 Å². The van der Waals surface area contributed by atoms with Crippen LogP contribution in [0.25, 0.3) is 12.2 Å². The molecule has 0 radical (unpaired) electrons. The number of aryl methyl sites for hydroxylation is 1. The zero-order valence-corrected chi connectivity index (χ0v) is 14.9. The fourth-order valence-corrected chi connectivity index (χ4v) is 2.88. The smallest absolute Gasteiger partial charge is 0.190 e. The number of phenolic OH excluding ortho intramolecular Hbond substituents is 1. The van der Waals surface area contributed by atoms with Gasteiger partial charge in [-0.05, 0) is 80.3 Å². The average Bonchev–Trinajstić information content (AvgIpc) is 2.90. The Morgan fingerprint density at radius 2 is 2.00 bits per heavy atom.